The monoisotopic (exact) mass is 207 g/mol. The van der Waals surface area contributed by atoms with Crippen LogP contribution in [0.1, 0.15) is 33.6 Å². The molecule has 0 aliphatic rings. The van der Waals surface area contributed by atoms with E-state index in [0.717, 1.165) is 6.42 Å². The van der Waals surface area contributed by atoms with Crippen molar-refractivity contribution < 1.29 is 8.42 Å². The third kappa shape index (κ3) is 9.83. The summed E-state index contributed by atoms with van der Waals surface area (Å²) >= 11 is 0. The van der Waals surface area contributed by atoms with Crippen molar-refractivity contribution in [3.63, 3.8) is 0 Å². The highest BCUT2D eigenvalue weighted by molar-refractivity contribution is 7.90. The van der Waals surface area contributed by atoms with Crippen molar-refractivity contribution >= 4 is 9.84 Å². The van der Waals surface area contributed by atoms with Gasteiger partial charge in [-0.1, -0.05) is 20.8 Å². The van der Waals surface area contributed by atoms with Crippen molar-refractivity contribution in [2.75, 3.05) is 12.0 Å². The van der Waals surface area contributed by atoms with E-state index in [2.05, 4.69) is 20.8 Å². The molecule has 4 heteroatoms. The number of sulfone groups is 1. The average molecular weight is 207 g/mol. The van der Waals surface area contributed by atoms with Crippen molar-refractivity contribution in [3.8, 4) is 0 Å². The van der Waals surface area contributed by atoms with Gasteiger partial charge in [0.2, 0.25) is 0 Å². The van der Waals surface area contributed by atoms with Crippen LogP contribution in [-0.2, 0) is 9.84 Å². The third-order valence-corrected chi connectivity index (χ3v) is 2.71. The average Bonchev–Trinajstić information content (AvgIpc) is 1.78. The standard InChI is InChI=1S/C9H21NO2S/c1-9(2,3)7-8(10)5-6-13(4,11)12/h8H,5-7,10H2,1-4H3. The first-order valence-corrected chi connectivity index (χ1v) is 6.59. The van der Waals surface area contributed by atoms with Crippen molar-refractivity contribution in [3.05, 3.63) is 0 Å². The van der Waals surface area contributed by atoms with Gasteiger partial charge in [-0.15, -0.1) is 0 Å². The Bertz CT molecular complexity index is 239. The first-order chi connectivity index (χ1) is 5.60. The van der Waals surface area contributed by atoms with E-state index in [4.69, 9.17) is 5.73 Å². The van der Waals surface area contributed by atoms with Crippen LogP contribution in [0.2, 0.25) is 0 Å². The molecule has 0 aromatic rings. The summed E-state index contributed by atoms with van der Waals surface area (Å²) in [6.07, 6.45) is 2.68. The van der Waals surface area contributed by atoms with Gasteiger partial charge in [0.05, 0.1) is 5.75 Å². The molecule has 0 saturated heterocycles. The molecule has 0 aliphatic heterocycles. The first kappa shape index (κ1) is 12.9. The fourth-order valence-corrected chi connectivity index (χ4v) is 1.98. The highest BCUT2D eigenvalue weighted by atomic mass is 32.2. The second kappa shape index (κ2) is 4.42. The lowest BCUT2D eigenvalue weighted by molar-refractivity contribution is 0.335. The van der Waals surface area contributed by atoms with Crippen LogP contribution in [0.15, 0.2) is 0 Å². The maximum Gasteiger partial charge on any atom is 0.147 e. The maximum absolute atomic E-state index is 10.8. The Morgan fingerprint density at radius 1 is 1.31 bits per heavy atom. The summed E-state index contributed by atoms with van der Waals surface area (Å²) in [4.78, 5) is 0. The molecule has 1 atom stereocenters. The van der Waals surface area contributed by atoms with E-state index in [9.17, 15) is 8.42 Å². The molecule has 0 radical (unpaired) electrons. The van der Waals surface area contributed by atoms with Crippen LogP contribution in [0.5, 0.6) is 0 Å². The minimum Gasteiger partial charge on any atom is -0.328 e. The topological polar surface area (TPSA) is 60.2 Å². The molecular weight excluding hydrogens is 186 g/mol. The van der Waals surface area contributed by atoms with Gasteiger partial charge in [-0.2, -0.15) is 0 Å². The zero-order valence-corrected chi connectivity index (χ0v) is 9.82. The van der Waals surface area contributed by atoms with Crippen LogP contribution in [0.3, 0.4) is 0 Å². The Balaban J connectivity index is 3.84. The minimum absolute atomic E-state index is 0.00488. The lowest BCUT2D eigenvalue weighted by Gasteiger charge is -2.22. The predicted molar refractivity (Wildman–Crippen MR) is 56.4 cm³/mol. The summed E-state index contributed by atoms with van der Waals surface area (Å²) in [6.45, 7) is 6.31. The number of hydrogen-bond donors (Lipinski definition) is 1. The molecular formula is C9H21NO2S. The Morgan fingerprint density at radius 3 is 2.08 bits per heavy atom. The molecule has 2 N–H and O–H groups in total. The van der Waals surface area contributed by atoms with E-state index in [1.54, 1.807) is 0 Å². The van der Waals surface area contributed by atoms with Crippen LogP contribution < -0.4 is 5.73 Å². The van der Waals surface area contributed by atoms with Gasteiger partial charge in [-0.3, -0.25) is 0 Å². The summed E-state index contributed by atoms with van der Waals surface area (Å²) in [5, 5.41) is 0. The van der Waals surface area contributed by atoms with Gasteiger partial charge >= 0.3 is 0 Å². The van der Waals surface area contributed by atoms with Crippen LogP contribution in [0.25, 0.3) is 0 Å². The molecule has 0 spiro atoms. The van der Waals surface area contributed by atoms with E-state index in [0.29, 0.717) is 6.42 Å². The van der Waals surface area contributed by atoms with Gasteiger partial charge in [-0.25, -0.2) is 8.42 Å². The first-order valence-electron chi connectivity index (χ1n) is 4.53. The summed E-state index contributed by atoms with van der Waals surface area (Å²) < 4.78 is 21.7. The quantitative estimate of drug-likeness (QED) is 0.753. The normalized spacial score (nSPS) is 15.8. The van der Waals surface area contributed by atoms with Gasteiger partial charge in [0.15, 0.2) is 0 Å². The lowest BCUT2D eigenvalue weighted by atomic mass is 9.88. The van der Waals surface area contributed by atoms with E-state index in [1.165, 1.54) is 6.26 Å². The molecule has 0 aromatic heterocycles. The van der Waals surface area contributed by atoms with Gasteiger partial charge in [-0.05, 0) is 18.3 Å². The molecule has 0 aliphatic carbocycles. The van der Waals surface area contributed by atoms with Crippen molar-refractivity contribution in [2.45, 2.75) is 39.7 Å². The van der Waals surface area contributed by atoms with Crippen molar-refractivity contribution in [2.24, 2.45) is 11.1 Å². The molecule has 13 heavy (non-hydrogen) atoms. The molecule has 0 rings (SSSR count). The number of nitrogens with two attached hydrogens (primary N) is 1. The molecule has 0 aromatic carbocycles. The van der Waals surface area contributed by atoms with Gasteiger partial charge in [0.1, 0.15) is 9.84 Å². The Morgan fingerprint density at radius 2 is 1.77 bits per heavy atom. The summed E-state index contributed by atoms with van der Waals surface area (Å²) in [7, 11) is -2.85. The van der Waals surface area contributed by atoms with Crippen LogP contribution in [-0.4, -0.2) is 26.5 Å². The second-order valence-electron chi connectivity index (χ2n) is 4.94. The summed E-state index contributed by atoms with van der Waals surface area (Å²) in [5.74, 6) is 0.199. The fraction of sp³-hybridized carbons (Fsp3) is 1.00. The van der Waals surface area contributed by atoms with Crippen LogP contribution in [0.4, 0.5) is 0 Å². The third-order valence-electron chi connectivity index (χ3n) is 1.73. The van der Waals surface area contributed by atoms with Gasteiger partial charge in [0, 0.05) is 12.3 Å². The Labute approximate surface area is 81.6 Å². The molecule has 0 heterocycles. The predicted octanol–water partition coefficient (Wildman–Crippen LogP) is 1.18. The van der Waals surface area contributed by atoms with Crippen LogP contribution >= 0.6 is 0 Å². The van der Waals surface area contributed by atoms with E-state index < -0.39 is 9.84 Å². The van der Waals surface area contributed by atoms with Gasteiger partial charge < -0.3 is 5.73 Å². The largest absolute Gasteiger partial charge is 0.328 e. The smallest absolute Gasteiger partial charge is 0.147 e. The van der Waals surface area contributed by atoms with E-state index >= 15 is 0 Å². The SMILES string of the molecule is CC(C)(C)CC(N)CCS(C)(=O)=O. The lowest BCUT2D eigenvalue weighted by Crippen LogP contribution is -2.28. The van der Waals surface area contributed by atoms with Crippen molar-refractivity contribution in [1.82, 2.24) is 0 Å². The minimum atomic E-state index is -2.85. The summed E-state index contributed by atoms with van der Waals surface area (Å²) in [6, 6.07) is -0.00488. The van der Waals surface area contributed by atoms with Crippen molar-refractivity contribution in [1.29, 1.82) is 0 Å². The molecule has 3 nitrogen and oxygen atoms in total. The molecule has 1 unspecified atom stereocenters. The highest BCUT2D eigenvalue weighted by Gasteiger charge is 2.16. The molecule has 0 fully saturated rings. The van der Waals surface area contributed by atoms with Crippen LogP contribution in [0, 0.1) is 5.41 Å². The summed E-state index contributed by atoms with van der Waals surface area (Å²) in [5.41, 5.74) is 5.98. The van der Waals surface area contributed by atoms with Gasteiger partial charge in [0.25, 0.3) is 0 Å². The fourth-order valence-electron chi connectivity index (χ4n) is 1.25. The zero-order valence-electron chi connectivity index (χ0n) is 9.00. The zero-order chi connectivity index (χ0) is 10.7. The Hall–Kier alpha value is -0.0900. The molecule has 0 bridgehead atoms. The van der Waals surface area contributed by atoms with E-state index in [-0.39, 0.29) is 17.2 Å². The Kier molecular flexibility index (Phi) is 4.39. The second-order valence-corrected chi connectivity index (χ2v) is 7.20. The molecule has 0 saturated carbocycles. The molecule has 80 valence electrons. The maximum atomic E-state index is 10.8. The number of rotatable bonds is 4. The van der Waals surface area contributed by atoms with E-state index in [1.807, 2.05) is 0 Å². The highest BCUT2D eigenvalue weighted by Crippen LogP contribution is 2.21. The molecule has 0 amide bonds. The number of hydrogen-bond acceptors (Lipinski definition) is 3.